The Hall–Kier alpha value is -3.67. The van der Waals surface area contributed by atoms with Gasteiger partial charge in [-0.15, -0.1) is 0 Å². The summed E-state index contributed by atoms with van der Waals surface area (Å²) in [5, 5.41) is 7.11. The summed E-state index contributed by atoms with van der Waals surface area (Å²) >= 11 is 0. The minimum absolute atomic E-state index is 0.0324. The largest absolute Gasteiger partial charge is 0.493 e. The van der Waals surface area contributed by atoms with Crippen LogP contribution in [0.1, 0.15) is 55.7 Å². The van der Waals surface area contributed by atoms with E-state index in [9.17, 15) is 4.79 Å². The summed E-state index contributed by atoms with van der Waals surface area (Å²) in [7, 11) is 1.64. The number of nitrogens with one attached hydrogen (secondary N) is 2. The molecule has 0 fully saturated rings. The number of furan rings is 1. The first-order valence-corrected chi connectivity index (χ1v) is 11.7. The van der Waals surface area contributed by atoms with Gasteiger partial charge in [-0.3, -0.25) is 4.79 Å². The number of carbonyl (C=O) groups is 1. The number of anilines is 2. The number of rotatable bonds is 5. The van der Waals surface area contributed by atoms with Crippen LogP contribution >= 0.6 is 0 Å². The zero-order chi connectivity index (χ0) is 23.8. The molecule has 6 heteroatoms. The maximum atomic E-state index is 13.6. The van der Waals surface area contributed by atoms with Crippen LogP contribution in [0.5, 0.6) is 11.5 Å². The van der Waals surface area contributed by atoms with Crippen molar-refractivity contribution in [3.05, 3.63) is 83.0 Å². The fourth-order valence-corrected chi connectivity index (χ4v) is 4.84. The van der Waals surface area contributed by atoms with Crippen molar-refractivity contribution in [3.63, 3.8) is 0 Å². The van der Waals surface area contributed by atoms with Crippen LogP contribution in [0.3, 0.4) is 0 Å². The lowest BCUT2D eigenvalue weighted by molar-refractivity contribution is -0.116. The predicted octanol–water partition coefficient (Wildman–Crippen LogP) is 6.36. The minimum atomic E-state index is -0.343. The molecular formula is C28H30N2O4. The van der Waals surface area contributed by atoms with E-state index in [4.69, 9.17) is 13.9 Å². The van der Waals surface area contributed by atoms with Crippen molar-refractivity contribution in [3.8, 4) is 11.5 Å². The lowest BCUT2D eigenvalue weighted by Gasteiger charge is -2.29. The first kappa shape index (κ1) is 22.1. The van der Waals surface area contributed by atoms with Crippen molar-refractivity contribution < 1.29 is 18.7 Å². The van der Waals surface area contributed by atoms with Crippen LogP contribution in [0.4, 0.5) is 11.4 Å². The van der Waals surface area contributed by atoms with Gasteiger partial charge in [0.2, 0.25) is 0 Å². The Morgan fingerprint density at radius 3 is 2.50 bits per heavy atom. The number of hydrogen-bond donors (Lipinski definition) is 2. The van der Waals surface area contributed by atoms with Crippen molar-refractivity contribution in [2.45, 2.75) is 51.7 Å². The smallest absolute Gasteiger partial charge is 0.163 e. The maximum absolute atomic E-state index is 13.6. The highest BCUT2D eigenvalue weighted by Crippen LogP contribution is 2.45. The number of ether oxygens (including phenoxy) is 2. The van der Waals surface area contributed by atoms with Crippen molar-refractivity contribution in [1.29, 1.82) is 0 Å². The van der Waals surface area contributed by atoms with Gasteiger partial charge in [-0.2, -0.15) is 0 Å². The number of fused-ring (bicyclic) bond motifs is 1. The zero-order valence-corrected chi connectivity index (χ0v) is 20.0. The average Bonchev–Trinajstić information content (AvgIpc) is 3.16. The fraction of sp³-hybridized carbons (Fsp3) is 0.321. The Kier molecular flexibility index (Phi) is 5.82. The van der Waals surface area contributed by atoms with Gasteiger partial charge in [0.1, 0.15) is 17.6 Å². The van der Waals surface area contributed by atoms with E-state index in [1.807, 2.05) is 75.4 Å². The summed E-state index contributed by atoms with van der Waals surface area (Å²) in [6, 6.07) is 17.5. The van der Waals surface area contributed by atoms with Crippen LogP contribution in [0, 0.1) is 6.92 Å². The van der Waals surface area contributed by atoms with E-state index in [1.165, 1.54) is 0 Å². The van der Waals surface area contributed by atoms with E-state index >= 15 is 0 Å². The van der Waals surface area contributed by atoms with Crippen molar-refractivity contribution in [2.24, 2.45) is 0 Å². The predicted molar refractivity (Wildman–Crippen MR) is 133 cm³/mol. The van der Waals surface area contributed by atoms with E-state index in [2.05, 4.69) is 10.6 Å². The molecule has 0 amide bonds. The fourth-order valence-electron chi connectivity index (χ4n) is 4.84. The molecule has 1 aliphatic heterocycles. The molecule has 0 radical (unpaired) electrons. The number of para-hydroxylation sites is 2. The molecule has 2 atom stereocenters. The molecule has 1 aromatic heterocycles. The molecule has 2 aliphatic rings. The first-order valence-electron chi connectivity index (χ1n) is 11.7. The Bertz CT molecular complexity index is 1260. The molecule has 0 saturated carbocycles. The number of benzene rings is 2. The summed E-state index contributed by atoms with van der Waals surface area (Å²) in [6.07, 6.45) is 1.18. The highest BCUT2D eigenvalue weighted by Gasteiger charge is 2.37. The van der Waals surface area contributed by atoms with Gasteiger partial charge >= 0.3 is 0 Å². The van der Waals surface area contributed by atoms with Crippen LogP contribution < -0.4 is 20.1 Å². The summed E-state index contributed by atoms with van der Waals surface area (Å²) in [4.78, 5) is 13.6. The van der Waals surface area contributed by atoms with Crippen LogP contribution in [-0.2, 0) is 4.79 Å². The molecule has 0 bridgehead atoms. The van der Waals surface area contributed by atoms with Gasteiger partial charge in [-0.1, -0.05) is 18.2 Å². The first-order chi connectivity index (χ1) is 16.4. The second-order valence-corrected chi connectivity index (χ2v) is 9.19. The monoisotopic (exact) mass is 458 g/mol. The molecule has 6 nitrogen and oxygen atoms in total. The number of aryl methyl sites for hydroxylation is 1. The van der Waals surface area contributed by atoms with Crippen LogP contribution in [0.25, 0.3) is 0 Å². The highest BCUT2D eigenvalue weighted by molar-refractivity contribution is 6.01. The van der Waals surface area contributed by atoms with Crippen molar-refractivity contribution in [1.82, 2.24) is 0 Å². The summed E-state index contributed by atoms with van der Waals surface area (Å²) < 4.78 is 17.4. The molecule has 2 heterocycles. The van der Waals surface area contributed by atoms with Crippen LogP contribution in [0.15, 0.2) is 70.3 Å². The normalized spacial score (nSPS) is 19.6. The molecule has 1 aliphatic carbocycles. The van der Waals surface area contributed by atoms with Crippen LogP contribution in [-0.4, -0.2) is 19.0 Å². The molecule has 2 aromatic carbocycles. The molecule has 0 spiro atoms. The van der Waals surface area contributed by atoms with Gasteiger partial charge in [0, 0.05) is 17.7 Å². The van der Waals surface area contributed by atoms with E-state index in [0.29, 0.717) is 24.3 Å². The van der Waals surface area contributed by atoms with Gasteiger partial charge in [-0.05, 0) is 75.1 Å². The number of Topliss-reactive ketones (excluding diaryl/α,β-unsaturated/α-hetero) is 1. The molecule has 5 rings (SSSR count). The Balaban J connectivity index is 1.53. The number of methoxy groups -OCH3 is 1. The number of carbonyl (C=O) groups excluding carboxylic acids is 1. The number of hydrogen-bond acceptors (Lipinski definition) is 6. The van der Waals surface area contributed by atoms with E-state index in [1.54, 1.807) is 7.11 Å². The van der Waals surface area contributed by atoms with Gasteiger partial charge in [-0.25, -0.2) is 0 Å². The molecule has 0 saturated heterocycles. The lowest BCUT2D eigenvalue weighted by Crippen LogP contribution is -2.26. The van der Waals surface area contributed by atoms with Crippen molar-refractivity contribution >= 4 is 17.2 Å². The van der Waals surface area contributed by atoms with Gasteiger partial charge < -0.3 is 24.5 Å². The maximum Gasteiger partial charge on any atom is 0.163 e. The van der Waals surface area contributed by atoms with Gasteiger partial charge in [0.15, 0.2) is 17.3 Å². The van der Waals surface area contributed by atoms with Gasteiger partial charge in [0.25, 0.3) is 0 Å². The third-order valence-corrected chi connectivity index (χ3v) is 6.38. The van der Waals surface area contributed by atoms with Gasteiger partial charge in [0.05, 0.1) is 24.6 Å². The molecule has 3 aromatic rings. The highest BCUT2D eigenvalue weighted by atomic mass is 16.5. The average molecular weight is 459 g/mol. The molecule has 176 valence electrons. The summed E-state index contributed by atoms with van der Waals surface area (Å²) in [6.45, 7) is 5.89. The van der Waals surface area contributed by atoms with E-state index < -0.39 is 0 Å². The molecule has 2 N–H and O–H groups in total. The third kappa shape index (κ3) is 4.16. The number of allylic oxidation sites excluding steroid dienone is 1. The number of ketones is 1. The quantitative estimate of drug-likeness (QED) is 0.463. The Morgan fingerprint density at radius 2 is 1.79 bits per heavy atom. The van der Waals surface area contributed by atoms with E-state index in [0.717, 1.165) is 39.7 Å². The van der Waals surface area contributed by atoms with E-state index in [-0.39, 0.29) is 23.8 Å². The topological polar surface area (TPSA) is 72.7 Å². The summed E-state index contributed by atoms with van der Waals surface area (Å²) in [5.74, 6) is 3.10. The zero-order valence-electron chi connectivity index (χ0n) is 20.0. The van der Waals surface area contributed by atoms with Crippen molar-refractivity contribution in [2.75, 3.05) is 17.7 Å². The molecular weight excluding hydrogens is 428 g/mol. The Labute approximate surface area is 200 Å². The Morgan fingerprint density at radius 1 is 1.00 bits per heavy atom. The molecule has 2 unspecified atom stereocenters. The second-order valence-electron chi connectivity index (χ2n) is 9.19. The molecule has 34 heavy (non-hydrogen) atoms. The standard InChI is InChI=1S/C28H30N2O4/c1-16(2)33-24-12-10-18(15-26(24)32-4)19-13-22-27(23(31)14-19)28(25-11-9-17(3)34-25)30-21-8-6-5-7-20(21)29-22/h5-12,15-16,19,28-30H,13-14H2,1-4H3. The third-order valence-electron chi connectivity index (χ3n) is 6.38. The lowest BCUT2D eigenvalue weighted by atomic mass is 9.79. The second kappa shape index (κ2) is 8.93. The minimum Gasteiger partial charge on any atom is -0.493 e. The van der Waals surface area contributed by atoms with Crippen LogP contribution in [0.2, 0.25) is 0 Å². The summed E-state index contributed by atoms with van der Waals surface area (Å²) in [5.41, 5.74) is 4.63. The SMILES string of the molecule is COc1cc(C2CC(=O)C3=C(C2)Nc2ccccc2NC3c2ccc(C)o2)ccc1OC(C)C.